The first-order valence-corrected chi connectivity index (χ1v) is 7.15. The summed E-state index contributed by atoms with van der Waals surface area (Å²) in [7, 11) is 0. The van der Waals surface area contributed by atoms with Crippen LogP contribution in [0.4, 0.5) is 18.9 Å². The van der Waals surface area contributed by atoms with E-state index in [4.69, 9.17) is 0 Å². The minimum atomic E-state index is -4.47. The number of para-hydroxylation sites is 1. The number of hydrogen-bond acceptors (Lipinski definition) is 2. The Kier molecular flexibility index (Phi) is 3.75. The number of alkyl halides is 3. The Hall–Kier alpha value is -2.50. The molecule has 0 aromatic heterocycles. The number of carbonyl (C=O) groups is 1. The molecule has 0 fully saturated rings. The molecule has 1 aliphatic rings. The number of carbonyl (C=O) groups excluding carboxylic acids is 1. The molecule has 0 radical (unpaired) electrons. The molecule has 1 N–H and O–H groups in total. The van der Waals surface area contributed by atoms with Gasteiger partial charge in [0.25, 0.3) is 5.91 Å². The summed E-state index contributed by atoms with van der Waals surface area (Å²) in [6, 6.07) is 13.7. The molecule has 0 unspecified atom stereocenters. The average molecular weight is 320 g/mol. The molecule has 3 rings (SSSR count). The number of rotatable bonds is 2. The lowest BCUT2D eigenvalue weighted by Gasteiger charge is -2.38. The fourth-order valence-corrected chi connectivity index (χ4v) is 2.75. The highest BCUT2D eigenvalue weighted by atomic mass is 19.4. The number of hydrogen-bond donors (Lipinski definition) is 1. The maximum absolute atomic E-state index is 12.9. The van der Waals surface area contributed by atoms with E-state index >= 15 is 0 Å². The summed E-state index contributed by atoms with van der Waals surface area (Å²) in [4.78, 5) is 13.4. The van der Waals surface area contributed by atoms with Crippen LogP contribution in [0.15, 0.2) is 48.5 Å². The summed E-state index contributed by atoms with van der Waals surface area (Å²) in [5, 5.41) is 3.05. The Morgan fingerprint density at radius 1 is 1.13 bits per heavy atom. The maximum Gasteiger partial charge on any atom is 0.406 e. The van der Waals surface area contributed by atoms with Gasteiger partial charge >= 0.3 is 6.18 Å². The number of benzene rings is 2. The number of anilines is 1. The van der Waals surface area contributed by atoms with Crippen LogP contribution in [0, 0.1) is 6.92 Å². The lowest BCUT2D eigenvalue weighted by Crippen LogP contribution is -2.47. The zero-order valence-corrected chi connectivity index (χ0v) is 12.4. The molecule has 0 bridgehead atoms. The Bertz CT molecular complexity index is 743. The normalized spacial score (nSPS) is 17.7. The van der Waals surface area contributed by atoms with Crippen molar-refractivity contribution in [3.05, 3.63) is 65.2 Å². The fourth-order valence-electron chi connectivity index (χ4n) is 2.75. The Balaban J connectivity index is 2.06. The first-order chi connectivity index (χ1) is 10.8. The van der Waals surface area contributed by atoms with Crippen molar-refractivity contribution in [1.29, 1.82) is 0 Å². The van der Waals surface area contributed by atoms with Crippen LogP contribution in [0.5, 0.6) is 0 Å². The minimum absolute atomic E-state index is 0.251. The molecule has 2 aromatic rings. The van der Waals surface area contributed by atoms with Crippen molar-refractivity contribution in [3.63, 3.8) is 0 Å². The largest absolute Gasteiger partial charge is 0.406 e. The van der Waals surface area contributed by atoms with Crippen LogP contribution in [-0.4, -0.2) is 23.5 Å². The zero-order valence-electron chi connectivity index (χ0n) is 12.4. The first-order valence-electron chi connectivity index (χ1n) is 7.15. The molecule has 0 aliphatic carbocycles. The third-order valence-corrected chi connectivity index (χ3v) is 3.73. The van der Waals surface area contributed by atoms with Gasteiger partial charge in [0.15, 0.2) is 0 Å². The molecule has 1 amide bonds. The van der Waals surface area contributed by atoms with Crippen LogP contribution in [0.3, 0.4) is 0 Å². The van der Waals surface area contributed by atoms with Gasteiger partial charge in [0.1, 0.15) is 12.7 Å². The topological polar surface area (TPSA) is 32.3 Å². The third kappa shape index (κ3) is 3.16. The van der Waals surface area contributed by atoms with Crippen molar-refractivity contribution < 1.29 is 18.0 Å². The highest BCUT2D eigenvalue weighted by Gasteiger charge is 2.40. The van der Waals surface area contributed by atoms with E-state index in [0.29, 0.717) is 11.3 Å². The van der Waals surface area contributed by atoms with E-state index in [0.717, 1.165) is 10.5 Å². The molecule has 0 saturated heterocycles. The van der Waals surface area contributed by atoms with Gasteiger partial charge in [-0.15, -0.1) is 0 Å². The van der Waals surface area contributed by atoms with Gasteiger partial charge in [-0.25, -0.2) is 0 Å². The highest BCUT2D eigenvalue weighted by molar-refractivity contribution is 6.01. The van der Waals surface area contributed by atoms with Gasteiger partial charge in [-0.2, -0.15) is 13.2 Å². The van der Waals surface area contributed by atoms with E-state index in [9.17, 15) is 18.0 Å². The van der Waals surface area contributed by atoms with Gasteiger partial charge in [0, 0.05) is 5.69 Å². The van der Waals surface area contributed by atoms with Crippen LogP contribution in [0.1, 0.15) is 27.7 Å². The molecule has 1 atom stereocenters. The summed E-state index contributed by atoms with van der Waals surface area (Å²) < 4.78 is 38.8. The van der Waals surface area contributed by atoms with Gasteiger partial charge in [-0.3, -0.25) is 4.79 Å². The second-order valence-electron chi connectivity index (χ2n) is 5.55. The average Bonchev–Trinajstić information content (AvgIpc) is 2.49. The Morgan fingerprint density at radius 3 is 2.57 bits per heavy atom. The SMILES string of the molecule is Cc1cccc([C@@H]2Nc3ccccc3C(=O)N2CC(F)(F)F)c1. The van der Waals surface area contributed by atoms with Gasteiger partial charge in [0.05, 0.1) is 5.56 Å². The van der Waals surface area contributed by atoms with Gasteiger partial charge < -0.3 is 10.2 Å². The summed E-state index contributed by atoms with van der Waals surface area (Å²) in [5.74, 6) is -0.622. The monoisotopic (exact) mass is 320 g/mol. The van der Waals surface area contributed by atoms with Crippen LogP contribution in [0.25, 0.3) is 0 Å². The standard InChI is InChI=1S/C17H15F3N2O/c1-11-5-4-6-12(9-11)15-21-14-8-3-2-7-13(14)16(23)22(15)10-17(18,19)20/h2-9,15,21H,10H2,1H3/t15-/m1/s1. The molecule has 23 heavy (non-hydrogen) atoms. The number of nitrogens with zero attached hydrogens (tertiary/aromatic N) is 1. The number of nitrogens with one attached hydrogen (secondary N) is 1. The maximum atomic E-state index is 12.9. The number of fused-ring (bicyclic) bond motifs is 1. The van der Waals surface area contributed by atoms with Gasteiger partial charge in [0.2, 0.25) is 0 Å². The number of amides is 1. The molecule has 1 heterocycles. The molecule has 2 aromatic carbocycles. The molecule has 0 saturated carbocycles. The lowest BCUT2D eigenvalue weighted by molar-refractivity contribution is -0.144. The van der Waals surface area contributed by atoms with Crippen molar-refractivity contribution in [2.45, 2.75) is 19.3 Å². The molecular weight excluding hydrogens is 305 g/mol. The lowest BCUT2D eigenvalue weighted by atomic mass is 10.0. The van der Waals surface area contributed by atoms with E-state index in [1.165, 1.54) is 6.07 Å². The van der Waals surface area contributed by atoms with E-state index in [-0.39, 0.29) is 5.56 Å². The molecular formula is C17H15F3N2O. The number of halogens is 3. The van der Waals surface area contributed by atoms with Crippen molar-refractivity contribution in [2.24, 2.45) is 0 Å². The highest BCUT2D eigenvalue weighted by Crippen LogP contribution is 2.35. The molecule has 3 nitrogen and oxygen atoms in total. The van der Waals surface area contributed by atoms with E-state index in [2.05, 4.69) is 5.32 Å². The second kappa shape index (κ2) is 5.61. The van der Waals surface area contributed by atoms with Crippen LogP contribution < -0.4 is 5.32 Å². The first kappa shape index (κ1) is 15.4. The third-order valence-electron chi connectivity index (χ3n) is 3.73. The van der Waals surface area contributed by atoms with Crippen LogP contribution in [-0.2, 0) is 0 Å². The van der Waals surface area contributed by atoms with Crippen molar-refractivity contribution in [1.82, 2.24) is 4.90 Å². The van der Waals surface area contributed by atoms with E-state index in [1.54, 1.807) is 36.4 Å². The fraction of sp³-hybridized carbons (Fsp3) is 0.235. The zero-order chi connectivity index (χ0) is 16.6. The quantitative estimate of drug-likeness (QED) is 0.902. The van der Waals surface area contributed by atoms with Crippen LogP contribution in [0.2, 0.25) is 0 Å². The Morgan fingerprint density at radius 2 is 1.87 bits per heavy atom. The second-order valence-corrected chi connectivity index (χ2v) is 5.55. The summed E-state index contributed by atoms with van der Waals surface area (Å²) in [5.41, 5.74) is 2.34. The molecule has 120 valence electrons. The predicted octanol–water partition coefficient (Wildman–Crippen LogP) is 4.12. The smallest absolute Gasteiger partial charge is 0.361 e. The van der Waals surface area contributed by atoms with Crippen molar-refractivity contribution in [2.75, 3.05) is 11.9 Å². The summed E-state index contributed by atoms with van der Waals surface area (Å²) in [6.07, 6.45) is -5.31. The molecule has 1 aliphatic heterocycles. The summed E-state index contributed by atoms with van der Waals surface area (Å²) in [6.45, 7) is 0.558. The van der Waals surface area contributed by atoms with E-state index < -0.39 is 24.8 Å². The molecule has 6 heteroatoms. The van der Waals surface area contributed by atoms with Gasteiger partial charge in [-0.05, 0) is 24.6 Å². The number of aryl methyl sites for hydroxylation is 1. The van der Waals surface area contributed by atoms with Crippen molar-refractivity contribution >= 4 is 11.6 Å². The van der Waals surface area contributed by atoms with E-state index in [1.807, 2.05) is 13.0 Å². The van der Waals surface area contributed by atoms with Crippen LogP contribution >= 0.6 is 0 Å². The minimum Gasteiger partial charge on any atom is -0.361 e. The predicted molar refractivity (Wildman–Crippen MR) is 81.1 cm³/mol. The Labute approximate surface area is 131 Å². The summed E-state index contributed by atoms with van der Waals surface area (Å²) >= 11 is 0. The van der Waals surface area contributed by atoms with Crippen molar-refractivity contribution in [3.8, 4) is 0 Å². The molecule has 0 spiro atoms. The van der Waals surface area contributed by atoms with Gasteiger partial charge in [-0.1, -0.05) is 42.0 Å².